The van der Waals surface area contributed by atoms with Crippen LogP contribution in [-0.2, 0) is 9.84 Å². The highest BCUT2D eigenvalue weighted by molar-refractivity contribution is 7.91. The molecule has 1 unspecified atom stereocenters. The van der Waals surface area contributed by atoms with Crippen LogP contribution in [0.5, 0.6) is 0 Å². The fraction of sp³-hybridized carbons (Fsp3) is 1.00. The van der Waals surface area contributed by atoms with Gasteiger partial charge in [0.2, 0.25) is 0 Å². The molecule has 1 fully saturated rings. The van der Waals surface area contributed by atoms with E-state index in [2.05, 4.69) is 5.32 Å². The molecule has 1 saturated heterocycles. The van der Waals surface area contributed by atoms with Crippen molar-refractivity contribution in [3.63, 3.8) is 0 Å². The van der Waals surface area contributed by atoms with Crippen molar-refractivity contribution in [2.75, 3.05) is 24.7 Å². The summed E-state index contributed by atoms with van der Waals surface area (Å²) in [6, 6.07) is 0.0644. The average molecular weight is 235 g/mol. The van der Waals surface area contributed by atoms with Crippen molar-refractivity contribution in [1.29, 1.82) is 0 Å². The van der Waals surface area contributed by atoms with Crippen LogP contribution in [0.2, 0.25) is 0 Å². The molecule has 5 heteroatoms. The summed E-state index contributed by atoms with van der Waals surface area (Å²) in [5.41, 5.74) is -0.179. The Balaban J connectivity index is 2.40. The van der Waals surface area contributed by atoms with Crippen molar-refractivity contribution >= 4 is 9.84 Å². The van der Waals surface area contributed by atoms with E-state index in [9.17, 15) is 8.42 Å². The van der Waals surface area contributed by atoms with E-state index in [-0.39, 0.29) is 23.8 Å². The van der Waals surface area contributed by atoms with Gasteiger partial charge in [0.05, 0.1) is 11.5 Å². The first kappa shape index (κ1) is 12.9. The van der Waals surface area contributed by atoms with Gasteiger partial charge in [0.1, 0.15) is 0 Å². The van der Waals surface area contributed by atoms with Crippen LogP contribution in [-0.4, -0.2) is 44.2 Å². The highest BCUT2D eigenvalue weighted by Gasteiger charge is 2.26. The molecule has 4 nitrogen and oxygen atoms in total. The lowest BCUT2D eigenvalue weighted by molar-refractivity contribution is 0.153. The number of hydrogen-bond donors (Lipinski definition) is 2. The summed E-state index contributed by atoms with van der Waals surface area (Å²) in [6.07, 6.45) is 1.67. The number of hydrogen-bond acceptors (Lipinski definition) is 4. The van der Waals surface area contributed by atoms with Crippen molar-refractivity contribution < 1.29 is 13.5 Å². The summed E-state index contributed by atoms with van der Waals surface area (Å²) in [4.78, 5) is 0. The quantitative estimate of drug-likeness (QED) is 0.729. The normalized spacial score (nSPS) is 26.5. The van der Waals surface area contributed by atoms with Crippen LogP contribution < -0.4 is 5.32 Å². The van der Waals surface area contributed by atoms with Crippen LogP contribution >= 0.6 is 0 Å². The molecule has 0 amide bonds. The second kappa shape index (κ2) is 4.80. The Morgan fingerprint density at radius 3 is 2.67 bits per heavy atom. The Hall–Kier alpha value is -0.130. The van der Waals surface area contributed by atoms with Crippen molar-refractivity contribution in [2.24, 2.45) is 5.41 Å². The molecule has 0 bridgehead atoms. The second-order valence-electron chi connectivity index (χ2n) is 5.16. The zero-order valence-electron chi connectivity index (χ0n) is 9.49. The van der Waals surface area contributed by atoms with Gasteiger partial charge in [0.25, 0.3) is 0 Å². The maximum atomic E-state index is 11.4. The largest absolute Gasteiger partial charge is 0.396 e. The smallest absolute Gasteiger partial charge is 0.151 e. The maximum absolute atomic E-state index is 11.4. The zero-order chi connectivity index (χ0) is 11.5. The van der Waals surface area contributed by atoms with Crippen molar-refractivity contribution in [3.8, 4) is 0 Å². The van der Waals surface area contributed by atoms with E-state index in [0.29, 0.717) is 12.3 Å². The van der Waals surface area contributed by atoms with E-state index in [4.69, 9.17) is 5.11 Å². The van der Waals surface area contributed by atoms with E-state index >= 15 is 0 Å². The number of nitrogens with one attached hydrogen (secondary N) is 1. The van der Waals surface area contributed by atoms with Crippen LogP contribution in [0.15, 0.2) is 0 Å². The first-order chi connectivity index (χ1) is 6.85. The predicted octanol–water partition coefficient (Wildman–Crippen LogP) is 0.172. The third-order valence-corrected chi connectivity index (χ3v) is 4.58. The summed E-state index contributed by atoms with van der Waals surface area (Å²) < 4.78 is 22.7. The van der Waals surface area contributed by atoms with E-state index in [1.165, 1.54) is 0 Å². The minimum absolute atomic E-state index is 0.0644. The van der Waals surface area contributed by atoms with Gasteiger partial charge >= 0.3 is 0 Å². The van der Waals surface area contributed by atoms with E-state index < -0.39 is 9.84 Å². The zero-order valence-corrected chi connectivity index (χ0v) is 10.3. The Kier molecular flexibility index (Phi) is 4.14. The molecule has 1 aliphatic heterocycles. The summed E-state index contributed by atoms with van der Waals surface area (Å²) >= 11 is 0. The standard InChI is InChI=1S/C10H21NO3S/c1-10(2,8-12)7-11-9-4-3-5-15(13,14)6-9/h9,11-12H,3-8H2,1-2H3. The molecule has 90 valence electrons. The lowest BCUT2D eigenvalue weighted by Gasteiger charge is -2.28. The van der Waals surface area contributed by atoms with Crippen molar-refractivity contribution in [1.82, 2.24) is 5.32 Å². The first-order valence-electron chi connectivity index (χ1n) is 5.39. The van der Waals surface area contributed by atoms with Gasteiger partial charge in [-0.1, -0.05) is 13.8 Å². The van der Waals surface area contributed by atoms with Gasteiger partial charge in [-0.2, -0.15) is 0 Å². The summed E-state index contributed by atoms with van der Waals surface area (Å²) in [5.74, 6) is 0.573. The highest BCUT2D eigenvalue weighted by atomic mass is 32.2. The monoisotopic (exact) mass is 235 g/mol. The van der Waals surface area contributed by atoms with Gasteiger partial charge in [0.15, 0.2) is 9.84 Å². The summed E-state index contributed by atoms with van der Waals surface area (Å²) in [7, 11) is -2.83. The van der Waals surface area contributed by atoms with Gasteiger partial charge in [-0.3, -0.25) is 0 Å². The van der Waals surface area contributed by atoms with Gasteiger partial charge in [-0.25, -0.2) is 8.42 Å². The maximum Gasteiger partial charge on any atom is 0.151 e. The first-order valence-corrected chi connectivity index (χ1v) is 7.21. The van der Waals surface area contributed by atoms with Crippen molar-refractivity contribution in [3.05, 3.63) is 0 Å². The Morgan fingerprint density at radius 2 is 2.13 bits per heavy atom. The van der Waals surface area contributed by atoms with Gasteiger partial charge in [-0.15, -0.1) is 0 Å². The third-order valence-electron chi connectivity index (χ3n) is 2.76. The Bertz CT molecular complexity index is 298. The minimum Gasteiger partial charge on any atom is -0.396 e. The molecular formula is C10H21NO3S. The number of aliphatic hydroxyl groups excluding tert-OH is 1. The molecule has 1 atom stereocenters. The van der Waals surface area contributed by atoms with Gasteiger partial charge < -0.3 is 10.4 Å². The molecule has 15 heavy (non-hydrogen) atoms. The summed E-state index contributed by atoms with van der Waals surface area (Å²) in [5, 5.41) is 12.3. The molecule has 0 aromatic carbocycles. The van der Waals surface area contributed by atoms with Crippen molar-refractivity contribution in [2.45, 2.75) is 32.7 Å². The predicted molar refractivity (Wildman–Crippen MR) is 60.5 cm³/mol. The molecule has 1 heterocycles. The molecule has 0 radical (unpaired) electrons. The number of aliphatic hydroxyl groups is 1. The fourth-order valence-electron chi connectivity index (χ4n) is 1.66. The molecular weight excluding hydrogens is 214 g/mol. The third kappa shape index (κ3) is 4.49. The second-order valence-corrected chi connectivity index (χ2v) is 7.39. The highest BCUT2D eigenvalue weighted by Crippen LogP contribution is 2.15. The Morgan fingerprint density at radius 1 is 1.47 bits per heavy atom. The van der Waals surface area contributed by atoms with E-state index in [1.54, 1.807) is 0 Å². The van der Waals surface area contributed by atoms with Gasteiger partial charge in [-0.05, 0) is 12.8 Å². The number of sulfone groups is 1. The molecule has 2 N–H and O–H groups in total. The molecule has 0 aromatic heterocycles. The lowest BCUT2D eigenvalue weighted by atomic mass is 9.94. The molecule has 1 aliphatic rings. The molecule has 0 aromatic rings. The Labute approximate surface area is 92.0 Å². The SMILES string of the molecule is CC(C)(CO)CNC1CCCS(=O)(=O)C1. The molecule has 0 spiro atoms. The summed E-state index contributed by atoms with van der Waals surface area (Å²) in [6.45, 7) is 4.68. The fourth-order valence-corrected chi connectivity index (χ4v) is 3.33. The van der Waals surface area contributed by atoms with E-state index in [1.807, 2.05) is 13.8 Å². The molecule has 0 aliphatic carbocycles. The van der Waals surface area contributed by atoms with E-state index in [0.717, 1.165) is 12.8 Å². The topological polar surface area (TPSA) is 66.4 Å². The number of rotatable bonds is 4. The molecule has 1 rings (SSSR count). The minimum atomic E-state index is -2.83. The van der Waals surface area contributed by atoms with Crippen LogP contribution in [0, 0.1) is 5.41 Å². The van der Waals surface area contributed by atoms with Crippen LogP contribution in [0.1, 0.15) is 26.7 Å². The van der Waals surface area contributed by atoms with Crippen LogP contribution in [0.3, 0.4) is 0 Å². The van der Waals surface area contributed by atoms with Crippen LogP contribution in [0.4, 0.5) is 0 Å². The molecule has 0 saturated carbocycles. The average Bonchev–Trinajstić information content (AvgIpc) is 2.14. The van der Waals surface area contributed by atoms with Gasteiger partial charge in [0, 0.05) is 24.6 Å². The lowest BCUT2D eigenvalue weighted by Crippen LogP contribution is -2.44. The van der Waals surface area contributed by atoms with Crippen LogP contribution in [0.25, 0.3) is 0 Å².